The molecule has 4 nitrogen and oxygen atoms in total. The van der Waals surface area contributed by atoms with E-state index in [1.807, 2.05) is 60.7 Å². The highest BCUT2D eigenvalue weighted by atomic mass is 35.5. The van der Waals surface area contributed by atoms with Crippen LogP contribution < -0.4 is 5.32 Å². The summed E-state index contributed by atoms with van der Waals surface area (Å²) in [7, 11) is 0. The van der Waals surface area contributed by atoms with E-state index in [4.69, 9.17) is 11.6 Å². The summed E-state index contributed by atoms with van der Waals surface area (Å²) in [6.45, 7) is 0.237. The summed E-state index contributed by atoms with van der Waals surface area (Å²) in [6, 6.07) is 23.0. The fraction of sp³-hybridized carbons (Fsp3) is 0.310. The minimum absolute atomic E-state index is 0.121. The molecule has 35 heavy (non-hydrogen) atoms. The highest BCUT2D eigenvalue weighted by molar-refractivity contribution is 6.31. The van der Waals surface area contributed by atoms with E-state index in [1.54, 1.807) is 11.0 Å². The van der Waals surface area contributed by atoms with Crippen LogP contribution in [0.3, 0.4) is 0 Å². The van der Waals surface area contributed by atoms with Crippen LogP contribution in [-0.4, -0.2) is 28.8 Å². The minimum Gasteiger partial charge on any atom is -0.352 e. The van der Waals surface area contributed by atoms with E-state index in [0.717, 1.165) is 36.8 Å². The van der Waals surface area contributed by atoms with Crippen molar-refractivity contribution in [1.29, 1.82) is 0 Å². The molecule has 1 fully saturated rings. The Morgan fingerprint density at radius 3 is 2.17 bits per heavy atom. The van der Waals surface area contributed by atoms with Gasteiger partial charge in [0.15, 0.2) is 0 Å². The molecule has 2 amide bonds. The average molecular weight is 493 g/mol. The van der Waals surface area contributed by atoms with Crippen LogP contribution in [0.5, 0.6) is 0 Å². The van der Waals surface area contributed by atoms with Crippen LogP contribution in [0.2, 0.25) is 5.02 Å². The Balaban J connectivity index is 1.67. The third-order valence-corrected chi connectivity index (χ3v) is 6.91. The van der Waals surface area contributed by atoms with Gasteiger partial charge in [-0.1, -0.05) is 91.2 Å². The molecule has 1 aliphatic rings. The second kappa shape index (κ2) is 12.0. The van der Waals surface area contributed by atoms with Gasteiger partial charge in [0.25, 0.3) is 0 Å². The lowest BCUT2D eigenvalue weighted by Gasteiger charge is -2.32. The normalized spacial score (nSPS) is 14.5. The average Bonchev–Trinajstić information content (AvgIpc) is 3.38. The maximum absolute atomic E-state index is 14.5. The van der Waals surface area contributed by atoms with Crippen LogP contribution in [0.25, 0.3) is 0 Å². The molecule has 0 radical (unpaired) electrons. The third-order valence-electron chi connectivity index (χ3n) is 6.56. The number of carbonyl (C=O) groups is 2. The van der Waals surface area contributed by atoms with Gasteiger partial charge < -0.3 is 10.2 Å². The van der Waals surface area contributed by atoms with Gasteiger partial charge in [0.1, 0.15) is 11.9 Å². The van der Waals surface area contributed by atoms with E-state index in [2.05, 4.69) is 5.32 Å². The van der Waals surface area contributed by atoms with Crippen molar-refractivity contribution in [2.45, 2.75) is 57.2 Å². The lowest BCUT2D eigenvalue weighted by atomic mass is 10.0. The molecule has 182 valence electrons. The quantitative estimate of drug-likeness (QED) is 0.415. The van der Waals surface area contributed by atoms with E-state index >= 15 is 0 Å². The van der Waals surface area contributed by atoms with Crippen molar-refractivity contribution in [2.75, 3.05) is 0 Å². The Morgan fingerprint density at radius 1 is 0.914 bits per heavy atom. The maximum Gasteiger partial charge on any atom is 0.243 e. The summed E-state index contributed by atoms with van der Waals surface area (Å²) >= 11 is 6.23. The Kier molecular flexibility index (Phi) is 8.54. The molecule has 0 bridgehead atoms. The monoisotopic (exact) mass is 492 g/mol. The number of halogens is 2. The first-order chi connectivity index (χ1) is 17.0. The van der Waals surface area contributed by atoms with Crippen molar-refractivity contribution in [3.8, 4) is 0 Å². The number of amides is 2. The van der Waals surface area contributed by atoms with Crippen LogP contribution in [0.1, 0.15) is 42.4 Å². The molecule has 1 aliphatic carbocycles. The number of nitrogens with one attached hydrogen (secondary N) is 1. The summed E-state index contributed by atoms with van der Waals surface area (Å²) in [6.07, 6.45) is 4.21. The standard InChI is InChI=1S/C29H30ClFN2O2/c30-25-16-9-17-26(31)24(25)19-28(34)33(20-22-12-5-2-6-13-22)27(18-21-10-3-1-4-11-21)29(35)32-23-14-7-8-15-23/h1-6,9-13,16-17,23,27H,7-8,14-15,18-20H2,(H,32,35)/t27-/m1/s1. The zero-order valence-electron chi connectivity index (χ0n) is 19.6. The lowest BCUT2D eigenvalue weighted by molar-refractivity contribution is -0.141. The summed E-state index contributed by atoms with van der Waals surface area (Å²) in [4.78, 5) is 28.9. The number of nitrogens with zero attached hydrogens (tertiary/aromatic N) is 1. The molecule has 0 saturated heterocycles. The van der Waals surface area contributed by atoms with Crippen LogP contribution in [0.15, 0.2) is 78.9 Å². The van der Waals surface area contributed by atoms with Crippen LogP contribution in [0, 0.1) is 5.82 Å². The first-order valence-corrected chi connectivity index (χ1v) is 12.5. The molecule has 1 saturated carbocycles. The van der Waals surface area contributed by atoms with Crippen molar-refractivity contribution in [3.05, 3.63) is 106 Å². The Hall–Kier alpha value is -3.18. The second-order valence-corrected chi connectivity index (χ2v) is 9.49. The van der Waals surface area contributed by atoms with Gasteiger partial charge in [-0.15, -0.1) is 0 Å². The van der Waals surface area contributed by atoms with Crippen LogP contribution in [0.4, 0.5) is 4.39 Å². The molecule has 0 spiro atoms. The smallest absolute Gasteiger partial charge is 0.243 e. The SMILES string of the molecule is O=C(NC1CCCC1)[C@@H](Cc1ccccc1)N(Cc1ccccc1)C(=O)Cc1c(F)cccc1Cl. The van der Waals surface area contributed by atoms with Gasteiger partial charge in [-0.3, -0.25) is 9.59 Å². The lowest BCUT2D eigenvalue weighted by Crippen LogP contribution is -2.52. The van der Waals surface area contributed by atoms with Crippen molar-refractivity contribution in [1.82, 2.24) is 10.2 Å². The molecular weight excluding hydrogens is 463 g/mol. The van der Waals surface area contributed by atoms with Crippen LogP contribution in [-0.2, 0) is 29.0 Å². The predicted octanol–water partition coefficient (Wildman–Crippen LogP) is 5.72. The van der Waals surface area contributed by atoms with E-state index < -0.39 is 11.9 Å². The Labute approximate surface area is 211 Å². The molecule has 3 aromatic carbocycles. The number of benzene rings is 3. The fourth-order valence-corrected chi connectivity index (χ4v) is 4.89. The van der Waals surface area contributed by atoms with E-state index in [0.29, 0.717) is 6.42 Å². The zero-order chi connectivity index (χ0) is 24.6. The van der Waals surface area contributed by atoms with Gasteiger partial charge in [0.05, 0.1) is 6.42 Å². The third kappa shape index (κ3) is 6.70. The Morgan fingerprint density at radius 2 is 1.54 bits per heavy atom. The number of hydrogen-bond donors (Lipinski definition) is 1. The first kappa shape index (κ1) is 24.9. The van der Waals surface area contributed by atoms with Crippen molar-refractivity contribution in [3.63, 3.8) is 0 Å². The van der Waals surface area contributed by atoms with Gasteiger partial charge in [-0.2, -0.15) is 0 Å². The summed E-state index contributed by atoms with van der Waals surface area (Å²) < 4.78 is 14.5. The van der Waals surface area contributed by atoms with Gasteiger partial charge in [-0.25, -0.2) is 4.39 Å². The topological polar surface area (TPSA) is 49.4 Å². The zero-order valence-corrected chi connectivity index (χ0v) is 20.4. The molecule has 1 N–H and O–H groups in total. The second-order valence-electron chi connectivity index (χ2n) is 9.08. The molecular formula is C29H30ClFN2O2. The van der Waals surface area contributed by atoms with E-state index in [1.165, 1.54) is 12.1 Å². The summed E-state index contributed by atoms with van der Waals surface area (Å²) in [5.41, 5.74) is 1.99. The van der Waals surface area contributed by atoms with Crippen molar-refractivity contribution in [2.24, 2.45) is 0 Å². The maximum atomic E-state index is 14.5. The van der Waals surface area contributed by atoms with Gasteiger partial charge in [-0.05, 0) is 36.1 Å². The van der Waals surface area contributed by atoms with E-state index in [9.17, 15) is 14.0 Å². The van der Waals surface area contributed by atoms with Crippen molar-refractivity contribution < 1.29 is 14.0 Å². The molecule has 0 aliphatic heterocycles. The predicted molar refractivity (Wildman–Crippen MR) is 136 cm³/mol. The highest BCUT2D eigenvalue weighted by Crippen LogP contribution is 2.23. The summed E-state index contributed by atoms with van der Waals surface area (Å²) in [5.74, 6) is -1.05. The summed E-state index contributed by atoms with van der Waals surface area (Å²) in [5, 5.41) is 3.38. The number of rotatable bonds is 9. The van der Waals surface area contributed by atoms with Crippen molar-refractivity contribution >= 4 is 23.4 Å². The number of hydrogen-bond acceptors (Lipinski definition) is 2. The molecule has 4 rings (SSSR count). The van der Waals surface area contributed by atoms with Crippen LogP contribution >= 0.6 is 11.6 Å². The van der Waals surface area contributed by atoms with Gasteiger partial charge in [0.2, 0.25) is 11.8 Å². The van der Waals surface area contributed by atoms with Gasteiger partial charge in [0, 0.05) is 29.6 Å². The highest BCUT2D eigenvalue weighted by Gasteiger charge is 2.32. The molecule has 0 unspecified atom stereocenters. The first-order valence-electron chi connectivity index (χ1n) is 12.1. The van der Waals surface area contributed by atoms with Gasteiger partial charge >= 0.3 is 0 Å². The Bertz CT molecular complexity index is 1110. The fourth-order valence-electron chi connectivity index (χ4n) is 4.66. The molecule has 1 atom stereocenters. The molecule has 0 heterocycles. The largest absolute Gasteiger partial charge is 0.352 e. The van der Waals surface area contributed by atoms with E-state index in [-0.39, 0.29) is 41.4 Å². The molecule has 6 heteroatoms. The molecule has 0 aromatic heterocycles. The minimum atomic E-state index is -0.740. The molecule has 3 aromatic rings. The number of carbonyl (C=O) groups excluding carboxylic acids is 2.